The Morgan fingerprint density at radius 2 is 1.54 bits per heavy atom. The van der Waals surface area contributed by atoms with E-state index in [-0.39, 0.29) is 46.2 Å². The van der Waals surface area contributed by atoms with Crippen molar-refractivity contribution in [2.45, 2.75) is 24.7 Å². The van der Waals surface area contributed by atoms with Crippen molar-refractivity contribution in [3.8, 4) is 0 Å². The van der Waals surface area contributed by atoms with Gasteiger partial charge in [0.25, 0.3) is 5.54 Å². The molecule has 0 bridgehead atoms. The van der Waals surface area contributed by atoms with Gasteiger partial charge in [-0.1, -0.05) is 0 Å². The van der Waals surface area contributed by atoms with E-state index in [1.54, 1.807) is 9.80 Å². The van der Waals surface area contributed by atoms with Crippen molar-refractivity contribution in [1.29, 1.82) is 0 Å². The average Bonchev–Trinajstić information content (AvgIpc) is 2.54. The van der Waals surface area contributed by atoms with Crippen molar-refractivity contribution < 1.29 is 30.5 Å². The summed E-state index contributed by atoms with van der Waals surface area (Å²) in [7, 11) is 0. The molecule has 0 aliphatic carbocycles. The first-order valence-corrected chi connectivity index (χ1v) is 7.82. The van der Waals surface area contributed by atoms with Crippen LogP contribution in [0.15, 0.2) is 0 Å². The molecule has 1 aliphatic rings. The van der Waals surface area contributed by atoms with Crippen LogP contribution in [0.1, 0.15) is 6.92 Å². The molecule has 2 atom stereocenters. The predicted molar refractivity (Wildman–Crippen MR) is 83.4 cm³/mol. The Bertz CT molecular complexity index is 387. The van der Waals surface area contributed by atoms with Gasteiger partial charge < -0.3 is 25.5 Å². The molecule has 0 aromatic carbocycles. The minimum atomic E-state index is -1.98. The van der Waals surface area contributed by atoms with E-state index in [9.17, 15) is 30.5 Å². The fraction of sp³-hybridized carbons (Fsp3) is 1.00. The molecule has 1 heterocycles. The lowest BCUT2D eigenvalue weighted by Gasteiger charge is -2.50. The number of rotatable bonds is 10. The molecule has 0 spiro atoms. The number of nitro groups is 1. The van der Waals surface area contributed by atoms with Gasteiger partial charge in [0.15, 0.2) is 6.10 Å². The van der Waals surface area contributed by atoms with Crippen molar-refractivity contribution in [3.63, 3.8) is 0 Å². The largest absolute Gasteiger partial charge is 0.395 e. The predicted octanol–water partition coefficient (Wildman–Crippen LogP) is -3.49. The smallest absolute Gasteiger partial charge is 0.270 e. The van der Waals surface area contributed by atoms with Crippen LogP contribution in [-0.4, -0.2) is 122 Å². The third-order valence-corrected chi connectivity index (χ3v) is 4.36. The average molecular weight is 352 g/mol. The van der Waals surface area contributed by atoms with Crippen LogP contribution < -0.4 is 0 Å². The quantitative estimate of drug-likeness (QED) is 0.198. The SMILES string of the molecule is CC(CO)(C(O)C1N(CCO)CN(CCO)CN1CCO)[N+](=O)[O-]. The number of aliphatic hydroxyl groups is 5. The summed E-state index contributed by atoms with van der Waals surface area (Å²) in [5, 5.41) is 59.1. The van der Waals surface area contributed by atoms with Crippen LogP contribution in [0.25, 0.3) is 0 Å². The first kappa shape index (κ1) is 21.1. The summed E-state index contributed by atoms with van der Waals surface area (Å²) < 4.78 is 0. The first-order valence-electron chi connectivity index (χ1n) is 7.82. The van der Waals surface area contributed by atoms with Crippen molar-refractivity contribution >= 4 is 0 Å². The summed E-state index contributed by atoms with van der Waals surface area (Å²) in [6.07, 6.45) is -2.41. The van der Waals surface area contributed by atoms with Crippen LogP contribution in [-0.2, 0) is 0 Å². The van der Waals surface area contributed by atoms with E-state index in [0.717, 1.165) is 6.92 Å². The van der Waals surface area contributed by atoms with Crippen LogP contribution in [0.3, 0.4) is 0 Å². The second-order valence-corrected chi connectivity index (χ2v) is 6.10. The maximum atomic E-state index is 11.3. The van der Waals surface area contributed by atoms with Crippen LogP contribution in [0.2, 0.25) is 0 Å². The molecule has 1 rings (SSSR count). The normalized spacial score (nSPS) is 22.4. The zero-order valence-corrected chi connectivity index (χ0v) is 13.9. The van der Waals surface area contributed by atoms with E-state index in [2.05, 4.69) is 0 Å². The van der Waals surface area contributed by atoms with Gasteiger partial charge in [-0.3, -0.25) is 24.8 Å². The van der Waals surface area contributed by atoms with Crippen molar-refractivity contribution in [3.05, 3.63) is 10.1 Å². The van der Waals surface area contributed by atoms with E-state index in [1.165, 1.54) is 0 Å². The molecule has 0 amide bonds. The Morgan fingerprint density at radius 3 is 1.88 bits per heavy atom. The summed E-state index contributed by atoms with van der Waals surface area (Å²) in [4.78, 5) is 15.7. The highest BCUT2D eigenvalue weighted by Crippen LogP contribution is 2.26. The van der Waals surface area contributed by atoms with Gasteiger partial charge in [-0.25, -0.2) is 0 Å². The lowest BCUT2D eigenvalue weighted by molar-refractivity contribution is -0.585. The van der Waals surface area contributed by atoms with Crippen molar-refractivity contribution in [1.82, 2.24) is 14.7 Å². The number of nitrogens with zero attached hydrogens (tertiary/aromatic N) is 4. The van der Waals surface area contributed by atoms with Crippen LogP contribution in [0.5, 0.6) is 0 Å². The fourth-order valence-electron chi connectivity index (χ4n) is 2.88. The number of hydrogen-bond acceptors (Lipinski definition) is 10. The summed E-state index contributed by atoms with van der Waals surface area (Å²) >= 11 is 0. The van der Waals surface area contributed by atoms with Gasteiger partial charge in [-0.15, -0.1) is 0 Å². The topological polar surface area (TPSA) is 154 Å². The van der Waals surface area contributed by atoms with Gasteiger partial charge in [-0.2, -0.15) is 0 Å². The number of β-amino-alcohol motifs (C(OH)–C–C–N with tert-alkyl or cyclic N) is 3. The van der Waals surface area contributed by atoms with Gasteiger partial charge in [0, 0.05) is 31.5 Å². The van der Waals surface area contributed by atoms with Crippen LogP contribution in [0.4, 0.5) is 0 Å². The molecule has 142 valence electrons. The Morgan fingerprint density at radius 1 is 1.08 bits per heavy atom. The minimum absolute atomic E-state index is 0.0869. The van der Waals surface area contributed by atoms with Crippen molar-refractivity contribution in [2.75, 3.05) is 59.4 Å². The van der Waals surface area contributed by atoms with Gasteiger partial charge in [0.1, 0.15) is 6.61 Å². The van der Waals surface area contributed by atoms with Crippen molar-refractivity contribution in [2.24, 2.45) is 0 Å². The highest BCUT2D eigenvalue weighted by Gasteiger charge is 2.52. The highest BCUT2D eigenvalue weighted by atomic mass is 16.6. The third kappa shape index (κ3) is 4.58. The van der Waals surface area contributed by atoms with E-state index < -0.39 is 29.3 Å². The zero-order chi connectivity index (χ0) is 18.3. The maximum absolute atomic E-state index is 11.3. The fourth-order valence-corrected chi connectivity index (χ4v) is 2.88. The summed E-state index contributed by atoms with van der Waals surface area (Å²) in [5.41, 5.74) is -1.98. The van der Waals surface area contributed by atoms with E-state index >= 15 is 0 Å². The molecule has 5 N–H and O–H groups in total. The number of aliphatic hydroxyl groups excluding tert-OH is 5. The molecule has 0 aromatic rings. The number of hydrogen-bond donors (Lipinski definition) is 5. The maximum Gasteiger partial charge on any atom is 0.270 e. The molecular weight excluding hydrogens is 324 g/mol. The molecule has 1 aliphatic heterocycles. The monoisotopic (exact) mass is 352 g/mol. The summed E-state index contributed by atoms with van der Waals surface area (Å²) in [5.74, 6) is 0. The van der Waals surface area contributed by atoms with Gasteiger partial charge >= 0.3 is 0 Å². The van der Waals surface area contributed by atoms with E-state index in [0.29, 0.717) is 6.54 Å². The highest BCUT2D eigenvalue weighted by molar-refractivity contribution is 4.94. The molecule has 24 heavy (non-hydrogen) atoms. The molecular formula is C13H28N4O7. The molecule has 2 unspecified atom stereocenters. The molecule has 0 radical (unpaired) electrons. The molecule has 11 heteroatoms. The Balaban J connectivity index is 3.13. The van der Waals surface area contributed by atoms with E-state index in [4.69, 9.17) is 5.11 Å². The molecule has 0 aromatic heterocycles. The second-order valence-electron chi connectivity index (χ2n) is 6.10. The lowest BCUT2D eigenvalue weighted by atomic mass is 9.92. The Kier molecular flexibility index (Phi) is 8.39. The minimum Gasteiger partial charge on any atom is -0.395 e. The summed E-state index contributed by atoms with van der Waals surface area (Å²) in [6.45, 7) is 0.970. The summed E-state index contributed by atoms with van der Waals surface area (Å²) in [6, 6.07) is 0. The lowest BCUT2D eigenvalue weighted by Crippen LogP contribution is -2.70. The standard InChI is InChI=1S/C13H28N4O7/c1-13(8-21,17(23)24)11(22)12-15(3-6-19)9-14(2-5-18)10-16(12)4-7-20/h11-12,18-22H,2-10H2,1H3. The molecule has 0 saturated carbocycles. The Hall–Kier alpha value is -0.920. The molecule has 1 fully saturated rings. The van der Waals surface area contributed by atoms with Crippen LogP contribution in [0, 0.1) is 10.1 Å². The first-order chi connectivity index (χ1) is 11.3. The van der Waals surface area contributed by atoms with Crippen LogP contribution >= 0.6 is 0 Å². The van der Waals surface area contributed by atoms with Gasteiger partial charge in [0.2, 0.25) is 0 Å². The van der Waals surface area contributed by atoms with Gasteiger partial charge in [0.05, 0.1) is 39.3 Å². The zero-order valence-electron chi connectivity index (χ0n) is 13.9. The van der Waals surface area contributed by atoms with Gasteiger partial charge in [-0.05, 0) is 0 Å². The Labute approximate surface area is 140 Å². The third-order valence-electron chi connectivity index (χ3n) is 4.36. The second kappa shape index (κ2) is 9.53. The molecule has 1 saturated heterocycles. The molecule has 11 nitrogen and oxygen atoms in total. The van der Waals surface area contributed by atoms with E-state index in [1.807, 2.05) is 4.90 Å².